The number of halogens is 2. The summed E-state index contributed by atoms with van der Waals surface area (Å²) in [6.07, 6.45) is 6.14. The zero-order valence-electron chi connectivity index (χ0n) is 20.0. The summed E-state index contributed by atoms with van der Waals surface area (Å²) < 4.78 is 39.7. The lowest BCUT2D eigenvalue weighted by atomic mass is 9.69. The van der Waals surface area contributed by atoms with E-state index in [1.54, 1.807) is 45.0 Å². The Morgan fingerprint density at radius 3 is 2.35 bits per heavy atom. The van der Waals surface area contributed by atoms with Crippen molar-refractivity contribution in [3.63, 3.8) is 0 Å². The van der Waals surface area contributed by atoms with Gasteiger partial charge < -0.3 is 9.47 Å². The molecular weight excluding hydrogens is 438 g/mol. The lowest BCUT2D eigenvalue weighted by Gasteiger charge is -2.49. The molecule has 180 valence electrons. The quantitative estimate of drug-likeness (QED) is 0.518. The fourth-order valence-corrected chi connectivity index (χ4v) is 4.43. The van der Waals surface area contributed by atoms with Crippen molar-refractivity contribution in [2.45, 2.75) is 70.1 Å². The molecular formula is C27H30F2N2O3. The van der Waals surface area contributed by atoms with Gasteiger partial charge in [-0.15, -0.1) is 0 Å². The number of hydrogen-bond donors (Lipinski definition) is 1. The molecule has 1 saturated carbocycles. The van der Waals surface area contributed by atoms with Gasteiger partial charge in [0.05, 0.1) is 5.54 Å². The molecule has 1 aliphatic heterocycles. The minimum absolute atomic E-state index is 0.0503. The molecule has 4 rings (SSSR count). The highest BCUT2D eigenvalue weighted by Gasteiger charge is 2.51. The van der Waals surface area contributed by atoms with E-state index in [0.29, 0.717) is 12.0 Å². The van der Waals surface area contributed by atoms with Crippen molar-refractivity contribution in [3.8, 4) is 0 Å². The van der Waals surface area contributed by atoms with Crippen LogP contribution in [0, 0.1) is 11.6 Å². The highest BCUT2D eigenvalue weighted by atomic mass is 19.1. The molecule has 2 aromatic carbocycles. The van der Waals surface area contributed by atoms with Gasteiger partial charge in [-0.05, 0) is 82.3 Å². The van der Waals surface area contributed by atoms with Gasteiger partial charge in [0, 0.05) is 12.0 Å². The minimum atomic E-state index is -0.938. The Morgan fingerprint density at radius 1 is 1.09 bits per heavy atom. The van der Waals surface area contributed by atoms with Gasteiger partial charge >= 0.3 is 6.09 Å². The van der Waals surface area contributed by atoms with Crippen molar-refractivity contribution in [2.24, 2.45) is 4.99 Å². The zero-order valence-corrected chi connectivity index (χ0v) is 20.0. The van der Waals surface area contributed by atoms with Crippen LogP contribution in [0.25, 0.3) is 12.2 Å². The first-order valence-corrected chi connectivity index (χ1v) is 11.5. The van der Waals surface area contributed by atoms with E-state index in [1.165, 1.54) is 18.2 Å². The van der Waals surface area contributed by atoms with Gasteiger partial charge in [0.25, 0.3) is 6.02 Å². The van der Waals surface area contributed by atoms with Crippen LogP contribution in [0.1, 0.15) is 70.1 Å². The largest absolute Gasteiger partial charge is 0.458 e. The Hall–Kier alpha value is -3.22. The third-order valence-corrected chi connectivity index (χ3v) is 6.11. The second-order valence-corrected chi connectivity index (χ2v) is 10.3. The molecule has 5 nitrogen and oxygen atoms in total. The first-order chi connectivity index (χ1) is 16.0. The first kappa shape index (κ1) is 23.9. The van der Waals surface area contributed by atoms with E-state index in [-0.39, 0.29) is 17.7 Å². The first-order valence-electron chi connectivity index (χ1n) is 11.5. The lowest BCUT2D eigenvalue weighted by Crippen LogP contribution is -2.54. The maximum atomic E-state index is 15.1. The number of nitrogens with one attached hydrogen (secondary N) is 1. The zero-order chi connectivity index (χ0) is 24.6. The van der Waals surface area contributed by atoms with Crippen LogP contribution >= 0.6 is 0 Å². The third kappa shape index (κ3) is 5.46. The third-order valence-electron chi connectivity index (χ3n) is 6.11. The fraction of sp³-hybridized carbons (Fsp3) is 0.407. The summed E-state index contributed by atoms with van der Waals surface area (Å²) >= 11 is 0. The summed E-state index contributed by atoms with van der Waals surface area (Å²) in [6, 6.07) is 11.1. The number of carbonyl (C=O) groups is 1. The molecule has 2 aliphatic rings. The Bertz CT molecular complexity index is 1130. The van der Waals surface area contributed by atoms with Crippen LogP contribution in [0.4, 0.5) is 13.6 Å². The number of rotatable bonds is 3. The molecule has 1 aliphatic carbocycles. The average molecular weight is 469 g/mol. The van der Waals surface area contributed by atoms with Crippen molar-refractivity contribution in [1.29, 1.82) is 0 Å². The summed E-state index contributed by atoms with van der Waals surface area (Å²) in [6.45, 7) is 7.17. The van der Waals surface area contributed by atoms with Gasteiger partial charge in [0.1, 0.15) is 22.8 Å². The van der Waals surface area contributed by atoms with Gasteiger partial charge in [-0.25, -0.2) is 23.9 Å². The second kappa shape index (κ2) is 8.85. The van der Waals surface area contributed by atoms with Gasteiger partial charge in [0.15, 0.2) is 0 Å². The average Bonchev–Trinajstić information content (AvgIpc) is 2.71. The number of nitrogens with zero attached hydrogens (tertiary/aromatic N) is 1. The van der Waals surface area contributed by atoms with Gasteiger partial charge in [0.2, 0.25) is 0 Å². The number of benzene rings is 2. The predicted octanol–water partition coefficient (Wildman–Crippen LogP) is 6.57. The smallest absolute Gasteiger partial charge is 0.415 e. The Morgan fingerprint density at radius 2 is 1.74 bits per heavy atom. The van der Waals surface area contributed by atoms with Crippen molar-refractivity contribution >= 4 is 24.3 Å². The van der Waals surface area contributed by atoms with E-state index in [1.807, 2.05) is 19.1 Å². The van der Waals surface area contributed by atoms with Crippen molar-refractivity contribution in [2.75, 3.05) is 0 Å². The predicted molar refractivity (Wildman–Crippen MR) is 128 cm³/mol. The second-order valence-electron chi connectivity index (χ2n) is 10.3. The summed E-state index contributed by atoms with van der Waals surface area (Å²) in [5.41, 5.74) is -0.0617. The SMILES string of the molecule is CC(C)(C)OC(=O)NC1=NC(C)(c2cc(C=Cc3ccc(F)cc3)ccc2F)CC2(CCC2)O1. The number of aliphatic imine (C=N–C) groups is 1. The Labute approximate surface area is 198 Å². The summed E-state index contributed by atoms with van der Waals surface area (Å²) in [4.78, 5) is 17.0. The number of alkyl carbamates (subject to hydrolysis) is 1. The number of ether oxygens (including phenoxy) is 2. The standard InChI is InChI=1S/C27H30F2N2O3/c1-25(2,3)34-24(32)30-23-31-26(4,17-27(33-23)14-5-15-27)21-16-19(10-13-22(21)29)7-6-18-8-11-20(28)12-9-18/h6-13,16H,5,14-15,17H2,1-4H3,(H,30,31,32). The van der Waals surface area contributed by atoms with Crippen molar-refractivity contribution < 1.29 is 23.0 Å². The van der Waals surface area contributed by atoms with E-state index in [2.05, 4.69) is 10.3 Å². The minimum Gasteiger partial charge on any atom is -0.458 e. The molecule has 7 heteroatoms. The van der Waals surface area contributed by atoms with E-state index >= 15 is 4.39 Å². The normalized spacial score (nSPS) is 21.5. The van der Waals surface area contributed by atoms with E-state index in [4.69, 9.17) is 9.47 Å². The van der Waals surface area contributed by atoms with Gasteiger partial charge in [-0.2, -0.15) is 0 Å². The molecule has 0 aromatic heterocycles. The van der Waals surface area contributed by atoms with Crippen LogP contribution in [0.2, 0.25) is 0 Å². The van der Waals surface area contributed by atoms with E-state index in [0.717, 1.165) is 30.4 Å². The van der Waals surface area contributed by atoms with Crippen LogP contribution in [0.3, 0.4) is 0 Å². The number of carbonyl (C=O) groups excluding carboxylic acids is 1. The molecule has 0 bridgehead atoms. The number of hydrogen-bond acceptors (Lipinski definition) is 4. The van der Waals surface area contributed by atoms with Crippen molar-refractivity contribution in [3.05, 3.63) is 70.8 Å². The van der Waals surface area contributed by atoms with Crippen LogP contribution in [0.15, 0.2) is 47.5 Å². The Kier molecular flexibility index (Phi) is 6.23. The molecule has 1 spiro atoms. The van der Waals surface area contributed by atoms with E-state index in [9.17, 15) is 9.18 Å². The molecule has 1 heterocycles. The van der Waals surface area contributed by atoms with Gasteiger partial charge in [-0.1, -0.05) is 30.4 Å². The molecule has 1 N–H and O–H groups in total. The topological polar surface area (TPSA) is 59.9 Å². The summed E-state index contributed by atoms with van der Waals surface area (Å²) in [5.74, 6) is -0.676. The fourth-order valence-electron chi connectivity index (χ4n) is 4.43. The highest BCUT2D eigenvalue weighted by Crippen LogP contribution is 2.49. The maximum absolute atomic E-state index is 15.1. The molecule has 1 amide bonds. The maximum Gasteiger partial charge on any atom is 0.415 e. The molecule has 1 unspecified atom stereocenters. The van der Waals surface area contributed by atoms with Gasteiger partial charge in [-0.3, -0.25) is 0 Å². The van der Waals surface area contributed by atoms with Crippen LogP contribution in [0.5, 0.6) is 0 Å². The lowest BCUT2D eigenvalue weighted by molar-refractivity contribution is -0.0612. The molecule has 1 atom stereocenters. The molecule has 0 radical (unpaired) electrons. The molecule has 0 saturated heterocycles. The number of amides is 1. The highest BCUT2D eigenvalue weighted by molar-refractivity contribution is 5.91. The summed E-state index contributed by atoms with van der Waals surface area (Å²) in [7, 11) is 0. The van der Waals surface area contributed by atoms with Crippen LogP contribution in [-0.2, 0) is 15.0 Å². The molecule has 34 heavy (non-hydrogen) atoms. The molecule has 2 aromatic rings. The van der Waals surface area contributed by atoms with Crippen LogP contribution < -0.4 is 5.32 Å². The van der Waals surface area contributed by atoms with Crippen molar-refractivity contribution in [1.82, 2.24) is 5.32 Å². The number of amidine groups is 1. The van der Waals surface area contributed by atoms with Crippen LogP contribution in [-0.4, -0.2) is 23.3 Å². The molecule has 1 fully saturated rings. The summed E-state index contributed by atoms with van der Waals surface area (Å²) in [5, 5.41) is 2.61. The monoisotopic (exact) mass is 468 g/mol. The Balaban J connectivity index is 1.64. The van der Waals surface area contributed by atoms with E-state index < -0.39 is 22.8 Å².